The topological polar surface area (TPSA) is 38.1 Å². The zero-order valence-corrected chi connectivity index (χ0v) is 15.4. The van der Waals surface area contributed by atoms with Crippen molar-refractivity contribution in [2.45, 2.75) is 57.8 Å². The second-order valence-electron chi connectivity index (χ2n) is 7.90. The number of amides is 1. The molecule has 27 heavy (non-hydrogen) atoms. The van der Waals surface area contributed by atoms with Gasteiger partial charge < -0.3 is 9.47 Å². The van der Waals surface area contributed by atoms with Gasteiger partial charge in [0.05, 0.1) is 11.0 Å². The van der Waals surface area contributed by atoms with Gasteiger partial charge in [0, 0.05) is 12.6 Å². The molecule has 2 heterocycles. The lowest BCUT2D eigenvalue weighted by Crippen LogP contribution is -2.53. The molecule has 2 aromatic rings. The minimum absolute atomic E-state index is 0.157. The predicted octanol–water partition coefficient (Wildman–Crippen LogP) is 4.48. The molecular weight excluding hydrogens is 355 g/mol. The van der Waals surface area contributed by atoms with Gasteiger partial charge in [-0.15, -0.1) is 0 Å². The number of imidazole rings is 1. The van der Waals surface area contributed by atoms with Crippen molar-refractivity contribution in [1.29, 1.82) is 0 Å². The summed E-state index contributed by atoms with van der Waals surface area (Å²) < 4.78 is 41.5. The lowest BCUT2D eigenvalue weighted by Gasteiger charge is -2.47. The van der Waals surface area contributed by atoms with Gasteiger partial charge in [-0.1, -0.05) is 25.5 Å². The Morgan fingerprint density at radius 2 is 1.93 bits per heavy atom. The SMILES string of the molecule is C[C@@H]1CCC[C@H]2CCCN(C(=O)Cn3c(C(F)(F)F)nc4ccccc43)[C@H]21. The minimum atomic E-state index is -4.60. The molecule has 1 saturated carbocycles. The van der Waals surface area contributed by atoms with Crippen LogP contribution in [-0.4, -0.2) is 32.9 Å². The number of para-hydroxylation sites is 2. The first-order chi connectivity index (χ1) is 12.9. The summed E-state index contributed by atoms with van der Waals surface area (Å²) in [7, 11) is 0. The molecule has 1 amide bonds. The van der Waals surface area contributed by atoms with E-state index < -0.39 is 12.0 Å². The largest absolute Gasteiger partial charge is 0.449 e. The van der Waals surface area contributed by atoms with E-state index in [1.807, 2.05) is 4.90 Å². The number of halogens is 3. The highest BCUT2D eigenvalue weighted by Crippen LogP contribution is 2.39. The first-order valence-corrected chi connectivity index (χ1v) is 9.68. The van der Waals surface area contributed by atoms with E-state index in [-0.39, 0.29) is 24.0 Å². The second-order valence-corrected chi connectivity index (χ2v) is 7.90. The van der Waals surface area contributed by atoms with Gasteiger partial charge in [0.1, 0.15) is 6.54 Å². The van der Waals surface area contributed by atoms with Crippen LogP contribution in [-0.2, 0) is 17.5 Å². The van der Waals surface area contributed by atoms with E-state index in [4.69, 9.17) is 0 Å². The third-order valence-corrected chi connectivity index (χ3v) is 6.16. The van der Waals surface area contributed by atoms with Crippen LogP contribution in [0.2, 0.25) is 0 Å². The fraction of sp³-hybridized carbons (Fsp3) is 0.600. The Kier molecular flexibility index (Phi) is 4.64. The van der Waals surface area contributed by atoms with E-state index in [2.05, 4.69) is 11.9 Å². The van der Waals surface area contributed by atoms with Crippen LogP contribution in [0.5, 0.6) is 0 Å². The molecule has 146 valence electrons. The maximum atomic E-state index is 13.5. The van der Waals surface area contributed by atoms with Crippen molar-refractivity contribution in [2.75, 3.05) is 6.54 Å². The summed E-state index contributed by atoms with van der Waals surface area (Å²) in [6.45, 7) is 2.49. The average Bonchev–Trinajstić information content (AvgIpc) is 3.00. The van der Waals surface area contributed by atoms with Gasteiger partial charge in [-0.3, -0.25) is 4.79 Å². The molecule has 0 radical (unpaired) electrons. The Morgan fingerprint density at radius 1 is 1.19 bits per heavy atom. The molecule has 0 N–H and O–H groups in total. The summed E-state index contributed by atoms with van der Waals surface area (Å²) in [6.07, 6.45) is 0.807. The smallest absolute Gasteiger partial charge is 0.338 e. The van der Waals surface area contributed by atoms with Crippen molar-refractivity contribution < 1.29 is 18.0 Å². The maximum Gasteiger partial charge on any atom is 0.449 e. The van der Waals surface area contributed by atoms with Crippen LogP contribution in [0, 0.1) is 11.8 Å². The van der Waals surface area contributed by atoms with Crippen LogP contribution in [0.4, 0.5) is 13.2 Å². The number of piperidine rings is 1. The molecule has 4 rings (SSSR count). The first kappa shape index (κ1) is 18.3. The van der Waals surface area contributed by atoms with Gasteiger partial charge in [0.2, 0.25) is 11.7 Å². The number of nitrogens with zero attached hydrogens (tertiary/aromatic N) is 3. The average molecular weight is 379 g/mol. The number of hydrogen-bond acceptors (Lipinski definition) is 2. The van der Waals surface area contributed by atoms with Crippen LogP contribution < -0.4 is 0 Å². The van der Waals surface area contributed by atoms with Gasteiger partial charge in [0.25, 0.3) is 0 Å². The van der Waals surface area contributed by atoms with E-state index >= 15 is 0 Å². The Morgan fingerprint density at radius 3 is 2.70 bits per heavy atom. The third-order valence-electron chi connectivity index (χ3n) is 6.16. The fourth-order valence-corrected chi connectivity index (χ4v) is 5.03. The number of carbonyl (C=O) groups excluding carboxylic acids is 1. The first-order valence-electron chi connectivity index (χ1n) is 9.68. The van der Waals surface area contributed by atoms with Gasteiger partial charge >= 0.3 is 6.18 Å². The van der Waals surface area contributed by atoms with Crippen molar-refractivity contribution in [2.24, 2.45) is 11.8 Å². The summed E-state index contributed by atoms with van der Waals surface area (Å²) in [6, 6.07) is 6.62. The molecule has 1 saturated heterocycles. The van der Waals surface area contributed by atoms with Gasteiger partial charge in [-0.05, 0) is 49.7 Å². The van der Waals surface area contributed by atoms with E-state index in [1.54, 1.807) is 24.3 Å². The van der Waals surface area contributed by atoms with Crippen LogP contribution in [0.1, 0.15) is 44.9 Å². The summed E-state index contributed by atoms with van der Waals surface area (Å²) in [5.74, 6) is -0.350. The van der Waals surface area contributed by atoms with E-state index in [1.165, 1.54) is 6.42 Å². The number of alkyl halides is 3. The van der Waals surface area contributed by atoms with Crippen molar-refractivity contribution in [3.63, 3.8) is 0 Å². The third kappa shape index (κ3) is 3.32. The van der Waals surface area contributed by atoms with Crippen molar-refractivity contribution in [3.05, 3.63) is 30.1 Å². The quantitative estimate of drug-likeness (QED) is 0.772. The molecule has 3 atom stereocenters. The van der Waals surface area contributed by atoms with Crippen LogP contribution in [0.25, 0.3) is 11.0 Å². The molecule has 1 aromatic carbocycles. The molecule has 0 unspecified atom stereocenters. The second kappa shape index (κ2) is 6.84. The molecule has 4 nitrogen and oxygen atoms in total. The molecular formula is C20H24F3N3O. The lowest BCUT2D eigenvalue weighted by molar-refractivity contribution is -0.149. The van der Waals surface area contributed by atoms with Crippen LogP contribution in [0.15, 0.2) is 24.3 Å². The number of fused-ring (bicyclic) bond motifs is 2. The monoisotopic (exact) mass is 379 g/mol. The fourth-order valence-electron chi connectivity index (χ4n) is 5.03. The highest BCUT2D eigenvalue weighted by molar-refractivity contribution is 5.81. The summed E-state index contributed by atoms with van der Waals surface area (Å²) >= 11 is 0. The molecule has 0 spiro atoms. The van der Waals surface area contributed by atoms with Crippen LogP contribution >= 0.6 is 0 Å². The number of likely N-dealkylation sites (tertiary alicyclic amines) is 1. The normalized spacial score (nSPS) is 26.2. The highest BCUT2D eigenvalue weighted by Gasteiger charge is 2.41. The number of aromatic nitrogens is 2. The summed E-state index contributed by atoms with van der Waals surface area (Å²) in [5.41, 5.74) is 0.614. The minimum Gasteiger partial charge on any atom is -0.338 e. The Hall–Kier alpha value is -2.05. The maximum absolute atomic E-state index is 13.5. The van der Waals surface area contributed by atoms with Crippen molar-refractivity contribution in [3.8, 4) is 0 Å². The summed E-state index contributed by atoms with van der Waals surface area (Å²) in [5, 5.41) is 0. The summed E-state index contributed by atoms with van der Waals surface area (Å²) in [4.78, 5) is 18.7. The molecule has 2 aliphatic rings. The van der Waals surface area contributed by atoms with Gasteiger partial charge in [-0.25, -0.2) is 4.98 Å². The standard InChI is InChI=1S/C20H24F3N3O/c1-13-6-4-7-14-8-5-11-25(18(13)14)17(27)12-26-16-10-3-2-9-15(16)24-19(26)20(21,22)23/h2-3,9-10,13-14,18H,4-8,11-12H2,1H3/t13-,14+,18+/m1/s1. The number of carbonyl (C=O) groups is 1. The molecule has 2 fully saturated rings. The molecule has 1 aromatic heterocycles. The Bertz CT molecular complexity index is 843. The van der Waals surface area contributed by atoms with Crippen molar-refractivity contribution >= 4 is 16.9 Å². The Labute approximate surface area is 156 Å². The van der Waals surface area contributed by atoms with E-state index in [0.717, 1.165) is 30.3 Å². The Balaban J connectivity index is 1.66. The number of rotatable bonds is 2. The molecule has 1 aliphatic carbocycles. The molecule has 7 heteroatoms. The van der Waals surface area contributed by atoms with Gasteiger partial charge in [0.15, 0.2) is 0 Å². The molecule has 1 aliphatic heterocycles. The van der Waals surface area contributed by atoms with E-state index in [9.17, 15) is 18.0 Å². The number of benzene rings is 1. The van der Waals surface area contributed by atoms with Crippen molar-refractivity contribution in [1.82, 2.24) is 14.5 Å². The van der Waals surface area contributed by atoms with Gasteiger partial charge in [-0.2, -0.15) is 13.2 Å². The predicted molar refractivity (Wildman–Crippen MR) is 96.0 cm³/mol. The molecule has 0 bridgehead atoms. The zero-order chi connectivity index (χ0) is 19.2. The van der Waals surface area contributed by atoms with Crippen LogP contribution in [0.3, 0.4) is 0 Å². The number of hydrogen-bond donors (Lipinski definition) is 0. The zero-order valence-electron chi connectivity index (χ0n) is 15.4. The lowest BCUT2D eigenvalue weighted by atomic mass is 9.73. The highest BCUT2D eigenvalue weighted by atomic mass is 19.4. The van der Waals surface area contributed by atoms with E-state index in [0.29, 0.717) is 23.9 Å².